The summed E-state index contributed by atoms with van der Waals surface area (Å²) in [5.41, 5.74) is 0.611. The summed E-state index contributed by atoms with van der Waals surface area (Å²) in [6.45, 7) is 8.47. The Morgan fingerprint density at radius 2 is 1.96 bits per heavy atom. The first-order valence-electron chi connectivity index (χ1n) is 8.61. The first-order chi connectivity index (χ1) is 10.7. The minimum atomic E-state index is -0.543. The van der Waals surface area contributed by atoms with Crippen molar-refractivity contribution >= 4 is 23.2 Å². The van der Waals surface area contributed by atoms with Crippen molar-refractivity contribution in [1.29, 1.82) is 0 Å². The molecule has 1 aromatic rings. The maximum atomic E-state index is 11.0. The molecule has 0 amide bonds. The number of hydrogen-bond acceptors (Lipinski definition) is 2. The predicted octanol–water partition coefficient (Wildman–Crippen LogP) is 5.11. The van der Waals surface area contributed by atoms with Crippen LogP contribution in [0.4, 0.5) is 0 Å². The summed E-state index contributed by atoms with van der Waals surface area (Å²) in [5.74, 6) is 0.469. The molecule has 0 bridgehead atoms. The number of benzene rings is 1. The Kier molecular flexibility index (Phi) is 4.74. The number of piperidine rings is 2. The van der Waals surface area contributed by atoms with Crippen LogP contribution in [-0.2, 0) is 0 Å². The van der Waals surface area contributed by atoms with E-state index in [0.29, 0.717) is 17.0 Å². The molecule has 1 aromatic carbocycles. The third-order valence-electron chi connectivity index (χ3n) is 6.00. The van der Waals surface area contributed by atoms with Gasteiger partial charge in [0.25, 0.3) is 0 Å². The van der Waals surface area contributed by atoms with Gasteiger partial charge in [0.05, 0.1) is 5.60 Å². The van der Waals surface area contributed by atoms with Gasteiger partial charge in [-0.1, -0.05) is 50.0 Å². The Bertz CT molecular complexity index is 583. The first kappa shape index (κ1) is 17.5. The topological polar surface area (TPSA) is 23.5 Å². The highest BCUT2D eigenvalue weighted by Gasteiger charge is 2.47. The summed E-state index contributed by atoms with van der Waals surface area (Å²) < 4.78 is 0. The summed E-state index contributed by atoms with van der Waals surface area (Å²) in [6.07, 6.45) is 4.00. The van der Waals surface area contributed by atoms with Gasteiger partial charge >= 0.3 is 0 Å². The maximum absolute atomic E-state index is 11.0. The van der Waals surface area contributed by atoms with Crippen LogP contribution in [0, 0.1) is 5.41 Å². The van der Waals surface area contributed by atoms with Crippen molar-refractivity contribution in [3.8, 4) is 0 Å². The zero-order chi connectivity index (χ0) is 16.8. The Morgan fingerprint density at radius 3 is 2.61 bits per heavy atom. The largest absolute Gasteiger partial charge is 0.389 e. The molecule has 0 aliphatic carbocycles. The van der Waals surface area contributed by atoms with Crippen LogP contribution in [0.5, 0.6) is 0 Å². The molecule has 2 nitrogen and oxygen atoms in total. The Morgan fingerprint density at radius 1 is 1.22 bits per heavy atom. The molecule has 3 atom stereocenters. The van der Waals surface area contributed by atoms with E-state index in [1.165, 1.54) is 5.56 Å². The number of nitrogens with zero attached hydrogens (tertiary/aromatic N) is 1. The lowest BCUT2D eigenvalue weighted by atomic mass is 9.67. The van der Waals surface area contributed by atoms with Crippen molar-refractivity contribution in [3.05, 3.63) is 33.8 Å². The molecule has 2 fully saturated rings. The van der Waals surface area contributed by atoms with Crippen LogP contribution >= 0.6 is 23.2 Å². The Balaban J connectivity index is 1.72. The predicted molar refractivity (Wildman–Crippen MR) is 97.4 cm³/mol. The molecular formula is C19H27Cl2NO. The van der Waals surface area contributed by atoms with Crippen molar-refractivity contribution in [1.82, 2.24) is 4.90 Å². The average molecular weight is 356 g/mol. The molecule has 2 aliphatic rings. The molecule has 128 valence electrons. The van der Waals surface area contributed by atoms with Gasteiger partial charge in [0.2, 0.25) is 0 Å². The van der Waals surface area contributed by atoms with E-state index in [0.717, 1.165) is 43.8 Å². The molecule has 2 saturated heterocycles. The van der Waals surface area contributed by atoms with Crippen LogP contribution in [-0.4, -0.2) is 34.7 Å². The second-order valence-electron chi connectivity index (χ2n) is 8.32. The zero-order valence-electron chi connectivity index (χ0n) is 14.3. The van der Waals surface area contributed by atoms with Gasteiger partial charge in [0.15, 0.2) is 0 Å². The second-order valence-corrected chi connectivity index (χ2v) is 9.17. The van der Waals surface area contributed by atoms with Crippen molar-refractivity contribution in [2.24, 2.45) is 5.41 Å². The van der Waals surface area contributed by atoms with E-state index in [9.17, 15) is 5.11 Å². The number of rotatable bonds is 1. The quantitative estimate of drug-likeness (QED) is 0.756. The van der Waals surface area contributed by atoms with Crippen LogP contribution < -0.4 is 0 Å². The fourth-order valence-electron chi connectivity index (χ4n) is 4.19. The molecule has 4 heteroatoms. The van der Waals surface area contributed by atoms with E-state index in [-0.39, 0.29) is 5.41 Å². The summed E-state index contributed by atoms with van der Waals surface area (Å²) in [7, 11) is 0. The van der Waals surface area contributed by atoms with E-state index in [2.05, 4.69) is 31.7 Å². The van der Waals surface area contributed by atoms with E-state index >= 15 is 0 Å². The van der Waals surface area contributed by atoms with Crippen LogP contribution in [0.3, 0.4) is 0 Å². The fraction of sp³-hybridized carbons (Fsp3) is 0.684. The lowest BCUT2D eigenvalue weighted by Gasteiger charge is -2.52. The average Bonchev–Trinajstić information content (AvgIpc) is 2.46. The van der Waals surface area contributed by atoms with Gasteiger partial charge in [0.1, 0.15) is 0 Å². The van der Waals surface area contributed by atoms with Gasteiger partial charge in [-0.25, -0.2) is 0 Å². The molecule has 0 spiro atoms. The van der Waals surface area contributed by atoms with Crippen LogP contribution in [0.15, 0.2) is 18.2 Å². The standard InChI is InChI=1S/C19H27Cl2NO/c1-18(2,3)19(23)8-9-22-12-13(4-6-15(22)11-19)16-7-5-14(20)10-17(16)21/h5,7,10,13,15,23H,4,6,8-9,11-12H2,1-3H3/t13-,15+,19-/m1/s1. The third kappa shape index (κ3) is 3.42. The van der Waals surface area contributed by atoms with Crippen LogP contribution in [0.1, 0.15) is 57.9 Å². The summed E-state index contributed by atoms with van der Waals surface area (Å²) in [4.78, 5) is 2.55. The number of aliphatic hydroxyl groups is 1. The van der Waals surface area contributed by atoms with Gasteiger partial charge < -0.3 is 5.11 Å². The van der Waals surface area contributed by atoms with Crippen molar-refractivity contribution < 1.29 is 5.11 Å². The van der Waals surface area contributed by atoms with E-state index in [4.69, 9.17) is 23.2 Å². The molecule has 0 radical (unpaired) electrons. The van der Waals surface area contributed by atoms with Crippen LogP contribution in [0.2, 0.25) is 10.0 Å². The van der Waals surface area contributed by atoms with Crippen LogP contribution in [0.25, 0.3) is 0 Å². The lowest BCUT2D eigenvalue weighted by molar-refractivity contribution is -0.122. The van der Waals surface area contributed by atoms with Gasteiger partial charge in [-0.2, -0.15) is 0 Å². The molecule has 1 N–H and O–H groups in total. The maximum Gasteiger partial charge on any atom is 0.0722 e. The van der Waals surface area contributed by atoms with Gasteiger partial charge in [0, 0.05) is 29.2 Å². The molecule has 3 rings (SSSR count). The van der Waals surface area contributed by atoms with Crippen molar-refractivity contribution in [2.45, 2.75) is 64.0 Å². The minimum absolute atomic E-state index is 0.0601. The molecular weight excluding hydrogens is 329 g/mol. The first-order valence-corrected chi connectivity index (χ1v) is 9.36. The van der Waals surface area contributed by atoms with E-state index < -0.39 is 5.60 Å². The molecule has 2 aliphatic heterocycles. The number of halogens is 2. The summed E-state index contributed by atoms with van der Waals surface area (Å²) in [6, 6.07) is 6.35. The Hall–Kier alpha value is -0.280. The molecule has 2 heterocycles. The SMILES string of the molecule is CC(C)(C)[C@@]1(O)CCN2C[C@H](c3ccc(Cl)cc3Cl)CC[C@H]2C1. The zero-order valence-corrected chi connectivity index (χ0v) is 15.8. The van der Waals surface area contributed by atoms with E-state index in [1.54, 1.807) is 0 Å². The normalized spacial score (nSPS) is 32.6. The van der Waals surface area contributed by atoms with E-state index in [1.807, 2.05) is 12.1 Å². The second kappa shape index (κ2) is 6.22. The third-order valence-corrected chi connectivity index (χ3v) is 6.57. The summed E-state index contributed by atoms with van der Waals surface area (Å²) >= 11 is 12.4. The fourth-order valence-corrected chi connectivity index (χ4v) is 4.76. The highest BCUT2D eigenvalue weighted by atomic mass is 35.5. The molecule has 0 unspecified atom stereocenters. The van der Waals surface area contributed by atoms with Gasteiger partial charge in [-0.05, 0) is 54.7 Å². The minimum Gasteiger partial charge on any atom is -0.389 e. The highest BCUT2D eigenvalue weighted by Crippen LogP contribution is 2.45. The summed E-state index contributed by atoms with van der Waals surface area (Å²) in [5, 5.41) is 12.5. The molecule has 23 heavy (non-hydrogen) atoms. The molecule has 0 aromatic heterocycles. The Labute approximate surface area is 149 Å². The smallest absolute Gasteiger partial charge is 0.0722 e. The van der Waals surface area contributed by atoms with Crippen molar-refractivity contribution in [2.75, 3.05) is 13.1 Å². The van der Waals surface area contributed by atoms with Gasteiger partial charge in [-0.3, -0.25) is 4.90 Å². The lowest BCUT2D eigenvalue weighted by Crippen LogP contribution is -2.57. The highest BCUT2D eigenvalue weighted by molar-refractivity contribution is 6.35. The monoisotopic (exact) mass is 355 g/mol. The van der Waals surface area contributed by atoms with Crippen molar-refractivity contribution in [3.63, 3.8) is 0 Å². The molecule has 0 saturated carbocycles. The number of hydrogen-bond donors (Lipinski definition) is 1. The number of fused-ring (bicyclic) bond motifs is 1. The van der Waals surface area contributed by atoms with Gasteiger partial charge in [-0.15, -0.1) is 0 Å².